The van der Waals surface area contributed by atoms with Crippen molar-refractivity contribution in [3.63, 3.8) is 0 Å². The van der Waals surface area contributed by atoms with Crippen molar-refractivity contribution in [3.05, 3.63) is 82.3 Å². The van der Waals surface area contributed by atoms with Crippen molar-refractivity contribution in [1.82, 2.24) is 0 Å². The van der Waals surface area contributed by atoms with E-state index >= 15 is 0 Å². The highest BCUT2D eigenvalue weighted by molar-refractivity contribution is 9.10. The summed E-state index contributed by atoms with van der Waals surface area (Å²) in [6.07, 6.45) is -4.61. The van der Waals surface area contributed by atoms with E-state index in [-0.39, 0.29) is 20.6 Å². The van der Waals surface area contributed by atoms with Crippen molar-refractivity contribution in [1.29, 1.82) is 0 Å². The van der Waals surface area contributed by atoms with Crippen LogP contribution in [0.15, 0.2) is 76.1 Å². The number of sulfonamides is 1. The summed E-state index contributed by atoms with van der Waals surface area (Å²) >= 11 is 2.84. The fourth-order valence-electron chi connectivity index (χ4n) is 2.91. The summed E-state index contributed by atoms with van der Waals surface area (Å²) in [5, 5.41) is 2.37. The van der Waals surface area contributed by atoms with Gasteiger partial charge in [-0.3, -0.25) is 9.10 Å². The van der Waals surface area contributed by atoms with Gasteiger partial charge in [-0.15, -0.1) is 0 Å². The molecule has 33 heavy (non-hydrogen) atoms. The normalized spacial score (nSPS) is 11.7. The number of nitrogens with one attached hydrogen (secondary N) is 1. The number of alkyl halides is 3. The lowest BCUT2D eigenvalue weighted by Crippen LogP contribution is -2.26. The van der Waals surface area contributed by atoms with Crippen molar-refractivity contribution in [2.45, 2.75) is 11.1 Å². The van der Waals surface area contributed by atoms with Crippen molar-refractivity contribution in [2.75, 3.05) is 23.8 Å². The third kappa shape index (κ3) is 5.48. The SMILES string of the molecule is COc1ccc(N(C)S(=O)(=O)c2cccc(C(=O)Nc3ccc(Br)c(C(F)(F)F)c3)c2)cc1. The Balaban J connectivity index is 1.86. The van der Waals surface area contributed by atoms with E-state index in [1.807, 2.05) is 0 Å². The van der Waals surface area contributed by atoms with E-state index in [9.17, 15) is 26.4 Å². The van der Waals surface area contributed by atoms with Crippen molar-refractivity contribution < 1.29 is 31.1 Å². The van der Waals surface area contributed by atoms with E-state index in [4.69, 9.17) is 4.74 Å². The molecule has 0 bridgehead atoms. The number of hydrogen-bond donors (Lipinski definition) is 1. The van der Waals surface area contributed by atoms with Crippen LogP contribution >= 0.6 is 15.9 Å². The number of benzene rings is 3. The second-order valence-corrected chi connectivity index (χ2v) is 9.67. The topological polar surface area (TPSA) is 75.7 Å². The summed E-state index contributed by atoms with van der Waals surface area (Å²) in [4.78, 5) is 12.5. The summed E-state index contributed by atoms with van der Waals surface area (Å²) in [6, 6.07) is 14.9. The lowest BCUT2D eigenvalue weighted by atomic mass is 10.1. The third-order valence-electron chi connectivity index (χ3n) is 4.72. The number of carbonyl (C=O) groups is 1. The number of carbonyl (C=O) groups excluding carboxylic acids is 1. The summed E-state index contributed by atoms with van der Waals surface area (Å²) in [5.74, 6) is -0.195. The molecule has 0 radical (unpaired) electrons. The molecule has 3 aromatic rings. The second-order valence-electron chi connectivity index (χ2n) is 6.84. The van der Waals surface area contributed by atoms with Gasteiger partial charge in [0.1, 0.15) is 5.75 Å². The molecule has 3 rings (SSSR count). The van der Waals surface area contributed by atoms with E-state index in [1.54, 1.807) is 24.3 Å². The first-order valence-corrected chi connectivity index (χ1v) is 11.6. The summed E-state index contributed by atoms with van der Waals surface area (Å²) < 4.78 is 71.4. The Morgan fingerprint density at radius 3 is 2.30 bits per heavy atom. The van der Waals surface area contributed by atoms with E-state index in [0.29, 0.717) is 11.4 Å². The molecule has 3 aromatic carbocycles. The number of halogens is 4. The van der Waals surface area contributed by atoms with E-state index in [2.05, 4.69) is 21.2 Å². The second kappa shape index (κ2) is 9.44. The van der Waals surface area contributed by atoms with Crippen LogP contribution in [0.2, 0.25) is 0 Å². The lowest BCUT2D eigenvalue weighted by molar-refractivity contribution is -0.138. The van der Waals surface area contributed by atoms with Gasteiger partial charge in [0.2, 0.25) is 0 Å². The van der Waals surface area contributed by atoms with Gasteiger partial charge >= 0.3 is 6.18 Å². The van der Waals surface area contributed by atoms with Gasteiger partial charge in [0.05, 0.1) is 23.3 Å². The van der Waals surface area contributed by atoms with Gasteiger partial charge in [0.15, 0.2) is 0 Å². The molecule has 0 heterocycles. The van der Waals surface area contributed by atoms with Gasteiger partial charge in [0, 0.05) is 22.8 Å². The average Bonchev–Trinajstić information content (AvgIpc) is 2.79. The van der Waals surface area contributed by atoms with Crippen LogP contribution in [-0.4, -0.2) is 28.5 Å². The molecule has 0 unspecified atom stereocenters. The molecular weight excluding hydrogens is 525 g/mol. The molecule has 0 aromatic heterocycles. The zero-order valence-electron chi connectivity index (χ0n) is 17.4. The molecule has 0 saturated heterocycles. The molecule has 0 atom stereocenters. The highest BCUT2D eigenvalue weighted by Crippen LogP contribution is 2.36. The maximum absolute atomic E-state index is 13.1. The Morgan fingerprint density at radius 2 is 1.70 bits per heavy atom. The number of nitrogens with zero attached hydrogens (tertiary/aromatic N) is 1. The Hall–Kier alpha value is -3.05. The summed E-state index contributed by atoms with van der Waals surface area (Å²) in [7, 11) is -1.16. The summed E-state index contributed by atoms with van der Waals surface area (Å²) in [5.41, 5.74) is -0.687. The fraction of sp³-hybridized carbons (Fsp3) is 0.136. The minimum absolute atomic E-state index is 0.0318. The minimum atomic E-state index is -4.61. The quantitative estimate of drug-likeness (QED) is 0.442. The Labute approximate surface area is 197 Å². The summed E-state index contributed by atoms with van der Waals surface area (Å²) in [6.45, 7) is 0. The van der Waals surface area contributed by atoms with Crippen LogP contribution in [0.25, 0.3) is 0 Å². The van der Waals surface area contributed by atoms with Crippen LogP contribution in [0.1, 0.15) is 15.9 Å². The zero-order chi connectivity index (χ0) is 24.4. The molecule has 0 fully saturated rings. The third-order valence-corrected chi connectivity index (χ3v) is 7.19. The number of ether oxygens (including phenoxy) is 1. The first kappa shape index (κ1) is 24.6. The van der Waals surface area contributed by atoms with E-state index < -0.39 is 27.7 Å². The highest BCUT2D eigenvalue weighted by Gasteiger charge is 2.33. The molecular formula is C22H18BrF3N2O4S. The maximum atomic E-state index is 13.1. The molecule has 0 saturated carbocycles. The van der Waals surface area contributed by atoms with Crippen LogP contribution in [-0.2, 0) is 16.2 Å². The van der Waals surface area contributed by atoms with Crippen LogP contribution in [0.4, 0.5) is 24.5 Å². The number of rotatable bonds is 6. The number of hydrogen-bond acceptors (Lipinski definition) is 4. The molecule has 0 aliphatic carbocycles. The number of methoxy groups -OCH3 is 1. The maximum Gasteiger partial charge on any atom is 0.417 e. The molecule has 0 aliphatic rings. The molecule has 11 heteroatoms. The Bertz CT molecular complexity index is 1280. The molecule has 174 valence electrons. The number of amides is 1. The van der Waals surface area contributed by atoms with Crippen LogP contribution < -0.4 is 14.4 Å². The first-order valence-electron chi connectivity index (χ1n) is 9.34. The van der Waals surface area contributed by atoms with Gasteiger partial charge in [-0.05, 0) is 60.7 Å². The van der Waals surface area contributed by atoms with E-state index in [0.717, 1.165) is 16.4 Å². The van der Waals surface area contributed by atoms with Gasteiger partial charge in [-0.25, -0.2) is 8.42 Å². The monoisotopic (exact) mass is 542 g/mol. The van der Waals surface area contributed by atoms with Crippen LogP contribution in [0, 0.1) is 0 Å². The predicted octanol–water partition coefficient (Wildman–Crippen LogP) is 5.55. The standard InChI is InChI=1S/C22H18BrF3N2O4S/c1-28(16-7-9-17(32-2)10-8-16)33(30,31)18-5-3-4-14(12-18)21(29)27-15-6-11-20(23)19(13-15)22(24,25)26/h3-13H,1-2H3,(H,27,29). The zero-order valence-corrected chi connectivity index (χ0v) is 19.8. The first-order chi connectivity index (χ1) is 15.4. The van der Waals surface area contributed by atoms with Gasteiger partial charge in [0.25, 0.3) is 15.9 Å². The lowest BCUT2D eigenvalue weighted by Gasteiger charge is -2.20. The molecule has 0 aliphatic heterocycles. The predicted molar refractivity (Wildman–Crippen MR) is 122 cm³/mol. The Kier molecular flexibility index (Phi) is 7.03. The molecule has 1 N–H and O–H groups in total. The fourth-order valence-corrected chi connectivity index (χ4v) is 4.62. The minimum Gasteiger partial charge on any atom is -0.497 e. The van der Waals surface area contributed by atoms with Gasteiger partial charge in [-0.2, -0.15) is 13.2 Å². The van der Waals surface area contributed by atoms with Crippen molar-refractivity contribution >= 4 is 43.2 Å². The van der Waals surface area contributed by atoms with Crippen LogP contribution in [0.3, 0.4) is 0 Å². The largest absolute Gasteiger partial charge is 0.497 e. The van der Waals surface area contributed by atoms with Gasteiger partial charge in [-0.1, -0.05) is 22.0 Å². The van der Waals surface area contributed by atoms with Crippen molar-refractivity contribution in [2.24, 2.45) is 0 Å². The van der Waals surface area contributed by atoms with Gasteiger partial charge < -0.3 is 10.1 Å². The molecule has 0 spiro atoms. The average molecular weight is 543 g/mol. The van der Waals surface area contributed by atoms with Crippen LogP contribution in [0.5, 0.6) is 5.75 Å². The Morgan fingerprint density at radius 1 is 1.03 bits per heavy atom. The molecule has 1 amide bonds. The van der Waals surface area contributed by atoms with E-state index in [1.165, 1.54) is 44.5 Å². The van der Waals surface area contributed by atoms with Crippen molar-refractivity contribution in [3.8, 4) is 5.75 Å². The smallest absolute Gasteiger partial charge is 0.417 e. The molecule has 6 nitrogen and oxygen atoms in total. The highest BCUT2D eigenvalue weighted by atomic mass is 79.9. The number of anilines is 2.